The molecule has 0 aromatic carbocycles. The van der Waals surface area contributed by atoms with E-state index in [1.165, 1.54) is 6.20 Å². The third-order valence-electron chi connectivity index (χ3n) is 3.76. The summed E-state index contributed by atoms with van der Waals surface area (Å²) in [4.78, 5) is 30.8. The number of aliphatic carboxylic acids is 1. The molecule has 108 valence electrons. The van der Waals surface area contributed by atoms with E-state index in [2.05, 4.69) is 15.3 Å². The lowest BCUT2D eigenvalue weighted by atomic mass is 9.82. The van der Waals surface area contributed by atoms with Gasteiger partial charge < -0.3 is 10.4 Å². The number of aromatic nitrogens is 2. The van der Waals surface area contributed by atoms with E-state index in [0.29, 0.717) is 31.0 Å². The van der Waals surface area contributed by atoms with Gasteiger partial charge in [-0.1, -0.05) is 0 Å². The Morgan fingerprint density at radius 2 is 1.95 bits per heavy atom. The van der Waals surface area contributed by atoms with Gasteiger partial charge in [0.25, 0.3) is 5.91 Å². The molecule has 0 spiro atoms. The predicted molar refractivity (Wildman–Crippen MR) is 72.2 cm³/mol. The maximum atomic E-state index is 11.9. The van der Waals surface area contributed by atoms with Crippen LogP contribution < -0.4 is 5.32 Å². The maximum absolute atomic E-state index is 11.9. The largest absolute Gasteiger partial charge is 0.481 e. The van der Waals surface area contributed by atoms with Gasteiger partial charge in [-0.3, -0.25) is 14.6 Å². The van der Waals surface area contributed by atoms with Gasteiger partial charge in [-0.2, -0.15) is 0 Å². The lowest BCUT2D eigenvalue weighted by molar-refractivity contribution is -0.143. The number of nitrogens with one attached hydrogen (secondary N) is 1. The molecule has 0 radical (unpaired) electrons. The smallest absolute Gasteiger partial charge is 0.306 e. The second kappa shape index (κ2) is 6.45. The van der Waals surface area contributed by atoms with Gasteiger partial charge in [0.1, 0.15) is 5.69 Å². The highest BCUT2D eigenvalue weighted by Gasteiger charge is 2.26. The average molecular weight is 277 g/mol. The van der Waals surface area contributed by atoms with Crippen molar-refractivity contribution in [1.29, 1.82) is 0 Å². The monoisotopic (exact) mass is 277 g/mol. The minimum absolute atomic E-state index is 0.218. The third-order valence-corrected chi connectivity index (χ3v) is 3.76. The average Bonchev–Trinajstić information content (AvgIpc) is 2.46. The van der Waals surface area contributed by atoms with Crippen molar-refractivity contribution in [2.45, 2.75) is 32.6 Å². The number of nitrogens with zero attached hydrogens (tertiary/aromatic N) is 2. The molecule has 1 fully saturated rings. The topological polar surface area (TPSA) is 92.2 Å². The lowest BCUT2D eigenvalue weighted by Gasteiger charge is -2.26. The van der Waals surface area contributed by atoms with Crippen LogP contribution in [0.2, 0.25) is 0 Å². The van der Waals surface area contributed by atoms with Crippen LogP contribution in [0.1, 0.15) is 41.9 Å². The molecule has 6 nitrogen and oxygen atoms in total. The van der Waals surface area contributed by atoms with Crippen molar-refractivity contribution in [2.75, 3.05) is 6.54 Å². The summed E-state index contributed by atoms with van der Waals surface area (Å²) in [6.45, 7) is 2.39. The van der Waals surface area contributed by atoms with E-state index in [4.69, 9.17) is 5.11 Å². The Balaban J connectivity index is 1.77. The number of rotatable bonds is 4. The van der Waals surface area contributed by atoms with Crippen LogP contribution in [0.25, 0.3) is 0 Å². The lowest BCUT2D eigenvalue weighted by Crippen LogP contribution is -2.32. The Labute approximate surface area is 117 Å². The molecule has 0 aliphatic heterocycles. The Morgan fingerprint density at radius 1 is 1.25 bits per heavy atom. The van der Waals surface area contributed by atoms with Gasteiger partial charge >= 0.3 is 5.97 Å². The van der Waals surface area contributed by atoms with Gasteiger partial charge in [0, 0.05) is 12.7 Å². The first-order chi connectivity index (χ1) is 9.56. The normalized spacial score (nSPS) is 22.2. The molecule has 2 N–H and O–H groups in total. The summed E-state index contributed by atoms with van der Waals surface area (Å²) < 4.78 is 0. The summed E-state index contributed by atoms with van der Waals surface area (Å²) in [6.07, 6.45) is 6.10. The van der Waals surface area contributed by atoms with Crippen LogP contribution in [-0.4, -0.2) is 33.5 Å². The number of carbonyl (C=O) groups is 2. The summed E-state index contributed by atoms with van der Waals surface area (Å²) in [7, 11) is 0. The van der Waals surface area contributed by atoms with Crippen molar-refractivity contribution in [1.82, 2.24) is 15.3 Å². The standard InChI is InChI=1S/C14H19N3O3/c1-9-6-16-12(8-15-9)13(18)17-7-10-2-4-11(5-3-10)14(19)20/h6,8,10-11H,2-5,7H2,1H3,(H,17,18)(H,19,20). The fourth-order valence-electron chi connectivity index (χ4n) is 2.45. The third kappa shape index (κ3) is 3.76. The van der Waals surface area contributed by atoms with Crippen LogP contribution in [-0.2, 0) is 4.79 Å². The van der Waals surface area contributed by atoms with Crippen molar-refractivity contribution < 1.29 is 14.7 Å². The second-order valence-corrected chi connectivity index (χ2v) is 5.31. The quantitative estimate of drug-likeness (QED) is 0.868. The molecule has 1 aliphatic carbocycles. The molecule has 1 amide bonds. The van der Waals surface area contributed by atoms with Crippen LogP contribution in [0.4, 0.5) is 0 Å². The Bertz CT molecular complexity index is 479. The van der Waals surface area contributed by atoms with Crippen LogP contribution in [0.5, 0.6) is 0 Å². The van der Waals surface area contributed by atoms with Crippen molar-refractivity contribution in [3.8, 4) is 0 Å². The van der Waals surface area contributed by atoms with Crippen molar-refractivity contribution in [3.05, 3.63) is 23.8 Å². The van der Waals surface area contributed by atoms with Crippen LogP contribution >= 0.6 is 0 Å². The van der Waals surface area contributed by atoms with Crippen molar-refractivity contribution >= 4 is 11.9 Å². The number of carboxylic acids is 1. The highest BCUT2D eigenvalue weighted by molar-refractivity contribution is 5.91. The fraction of sp³-hybridized carbons (Fsp3) is 0.571. The van der Waals surface area contributed by atoms with Gasteiger partial charge in [0.15, 0.2) is 0 Å². The maximum Gasteiger partial charge on any atom is 0.306 e. The van der Waals surface area contributed by atoms with Crippen LogP contribution in [0.3, 0.4) is 0 Å². The molecule has 1 aromatic rings. The SMILES string of the molecule is Cc1cnc(C(=O)NCC2CCC(C(=O)O)CC2)cn1. The number of carbonyl (C=O) groups excluding carboxylic acids is 1. The molecule has 0 atom stereocenters. The summed E-state index contributed by atoms with van der Waals surface area (Å²) in [5.41, 5.74) is 1.09. The molecule has 1 saturated carbocycles. The molecule has 1 heterocycles. The summed E-state index contributed by atoms with van der Waals surface area (Å²) in [5, 5.41) is 11.8. The van der Waals surface area contributed by atoms with Gasteiger partial charge in [0.05, 0.1) is 17.8 Å². The van der Waals surface area contributed by atoms with E-state index in [9.17, 15) is 9.59 Å². The van der Waals surface area contributed by atoms with Gasteiger partial charge in [0.2, 0.25) is 0 Å². The van der Waals surface area contributed by atoms with E-state index in [1.807, 2.05) is 6.92 Å². The number of aryl methyl sites for hydroxylation is 1. The number of hydrogen-bond donors (Lipinski definition) is 2. The highest BCUT2D eigenvalue weighted by atomic mass is 16.4. The van der Waals surface area contributed by atoms with Gasteiger partial charge in [-0.25, -0.2) is 4.98 Å². The molecular weight excluding hydrogens is 258 g/mol. The zero-order valence-corrected chi connectivity index (χ0v) is 11.5. The molecule has 0 bridgehead atoms. The summed E-state index contributed by atoms with van der Waals surface area (Å²) >= 11 is 0. The van der Waals surface area contributed by atoms with E-state index in [-0.39, 0.29) is 11.8 Å². The Hall–Kier alpha value is -1.98. The predicted octanol–water partition coefficient (Wildman–Crippen LogP) is 1.41. The van der Waals surface area contributed by atoms with Crippen LogP contribution in [0, 0.1) is 18.8 Å². The highest BCUT2D eigenvalue weighted by Crippen LogP contribution is 2.28. The summed E-state index contributed by atoms with van der Waals surface area (Å²) in [5.74, 6) is -0.793. The first-order valence-corrected chi connectivity index (χ1v) is 6.86. The summed E-state index contributed by atoms with van der Waals surface area (Å²) in [6, 6.07) is 0. The second-order valence-electron chi connectivity index (χ2n) is 5.31. The molecule has 1 aliphatic rings. The number of amides is 1. The minimum Gasteiger partial charge on any atom is -0.481 e. The van der Waals surface area contributed by atoms with E-state index >= 15 is 0 Å². The molecule has 0 unspecified atom stereocenters. The molecule has 20 heavy (non-hydrogen) atoms. The molecule has 2 rings (SSSR count). The minimum atomic E-state index is -0.706. The van der Waals surface area contributed by atoms with Crippen LogP contribution in [0.15, 0.2) is 12.4 Å². The van der Waals surface area contributed by atoms with E-state index < -0.39 is 5.97 Å². The van der Waals surface area contributed by atoms with E-state index in [0.717, 1.165) is 18.5 Å². The van der Waals surface area contributed by atoms with E-state index in [1.54, 1.807) is 6.20 Å². The zero-order valence-electron chi connectivity index (χ0n) is 11.5. The van der Waals surface area contributed by atoms with Gasteiger partial charge in [-0.15, -0.1) is 0 Å². The Kier molecular flexibility index (Phi) is 4.65. The number of hydrogen-bond acceptors (Lipinski definition) is 4. The molecule has 0 saturated heterocycles. The molecule has 6 heteroatoms. The first-order valence-electron chi connectivity index (χ1n) is 6.86. The molecule has 1 aromatic heterocycles. The van der Waals surface area contributed by atoms with Crippen molar-refractivity contribution in [3.63, 3.8) is 0 Å². The molecular formula is C14H19N3O3. The fourth-order valence-corrected chi connectivity index (χ4v) is 2.45. The zero-order chi connectivity index (χ0) is 14.5. The Morgan fingerprint density at radius 3 is 2.50 bits per heavy atom. The van der Waals surface area contributed by atoms with Crippen molar-refractivity contribution in [2.24, 2.45) is 11.8 Å². The number of carboxylic acid groups (broad SMARTS) is 1. The van der Waals surface area contributed by atoms with Gasteiger partial charge in [-0.05, 0) is 38.5 Å². The first kappa shape index (κ1) is 14.4.